The van der Waals surface area contributed by atoms with Crippen LogP contribution in [0.1, 0.15) is 0 Å². The van der Waals surface area contributed by atoms with Crippen LogP contribution in [0.2, 0.25) is 0 Å². The molecule has 0 fully saturated rings. The van der Waals surface area contributed by atoms with Crippen LogP contribution >= 0.6 is 0 Å². The third-order valence-electron chi connectivity index (χ3n) is 10.8. The molecule has 10 aromatic carbocycles. The molecule has 236 valence electrons. The molecular weight excluding hydrogens is 617 g/mol. The molecule has 0 bridgehead atoms. The number of hydrogen-bond donors (Lipinski definition) is 0. The molecular formula is C50H30O. The molecule has 0 aliphatic carbocycles. The maximum Gasteiger partial charge on any atom is 0.143 e. The molecule has 1 aromatic heterocycles. The minimum Gasteiger partial charge on any atom is -0.455 e. The van der Waals surface area contributed by atoms with Gasteiger partial charge in [-0.15, -0.1) is 0 Å². The highest BCUT2D eigenvalue weighted by molar-refractivity contribution is 6.23. The summed E-state index contributed by atoms with van der Waals surface area (Å²) in [4.78, 5) is 0. The maximum atomic E-state index is 6.73. The molecule has 0 N–H and O–H groups in total. The van der Waals surface area contributed by atoms with Crippen LogP contribution in [0.25, 0.3) is 109 Å². The van der Waals surface area contributed by atoms with Crippen molar-refractivity contribution >= 4 is 75.8 Å². The Morgan fingerprint density at radius 1 is 0.235 bits per heavy atom. The second-order valence-electron chi connectivity index (χ2n) is 13.6. The summed E-state index contributed by atoms with van der Waals surface area (Å²) >= 11 is 0. The fourth-order valence-electron chi connectivity index (χ4n) is 8.41. The van der Waals surface area contributed by atoms with Crippen LogP contribution in [0.3, 0.4) is 0 Å². The van der Waals surface area contributed by atoms with Gasteiger partial charge in [-0.25, -0.2) is 0 Å². The highest BCUT2D eigenvalue weighted by Gasteiger charge is 2.18. The molecule has 51 heavy (non-hydrogen) atoms. The van der Waals surface area contributed by atoms with Crippen molar-refractivity contribution in [3.63, 3.8) is 0 Å². The number of benzene rings is 10. The van der Waals surface area contributed by atoms with Gasteiger partial charge in [-0.3, -0.25) is 0 Å². The predicted octanol–water partition coefficient (Wildman–Crippen LogP) is 14.4. The van der Waals surface area contributed by atoms with Crippen LogP contribution in [0.5, 0.6) is 0 Å². The molecule has 0 saturated carbocycles. The number of fused-ring (bicyclic) bond motifs is 10. The summed E-state index contributed by atoms with van der Waals surface area (Å²) in [6.45, 7) is 0. The van der Waals surface area contributed by atoms with Gasteiger partial charge in [0.15, 0.2) is 0 Å². The lowest BCUT2D eigenvalue weighted by Crippen LogP contribution is -1.91. The third kappa shape index (κ3) is 4.28. The molecule has 0 aliphatic heterocycles. The summed E-state index contributed by atoms with van der Waals surface area (Å²) < 4.78 is 6.73. The van der Waals surface area contributed by atoms with Crippen LogP contribution in [0.15, 0.2) is 186 Å². The molecule has 0 radical (unpaired) electrons. The molecule has 0 atom stereocenters. The van der Waals surface area contributed by atoms with E-state index in [2.05, 4.69) is 182 Å². The monoisotopic (exact) mass is 646 g/mol. The predicted molar refractivity (Wildman–Crippen MR) is 218 cm³/mol. The molecule has 0 spiro atoms. The minimum atomic E-state index is 0.943. The zero-order valence-corrected chi connectivity index (χ0v) is 27.7. The van der Waals surface area contributed by atoms with E-state index in [9.17, 15) is 0 Å². The topological polar surface area (TPSA) is 13.1 Å². The molecule has 1 heteroatoms. The fourth-order valence-corrected chi connectivity index (χ4v) is 8.41. The number of furan rings is 1. The van der Waals surface area contributed by atoms with E-state index in [1.807, 2.05) is 0 Å². The summed E-state index contributed by atoms with van der Waals surface area (Å²) in [7, 11) is 0. The van der Waals surface area contributed by atoms with Crippen molar-refractivity contribution in [1.29, 1.82) is 0 Å². The second kappa shape index (κ2) is 10.9. The van der Waals surface area contributed by atoms with E-state index in [1.54, 1.807) is 0 Å². The first kappa shape index (κ1) is 28.2. The van der Waals surface area contributed by atoms with Crippen LogP contribution in [-0.2, 0) is 0 Å². The van der Waals surface area contributed by atoms with Gasteiger partial charge in [-0.05, 0) is 107 Å². The van der Waals surface area contributed by atoms with Gasteiger partial charge in [0.05, 0.1) is 0 Å². The average molecular weight is 647 g/mol. The lowest BCUT2D eigenvalue weighted by Gasteiger charge is -2.18. The molecule has 0 unspecified atom stereocenters. The largest absolute Gasteiger partial charge is 0.455 e. The zero-order valence-electron chi connectivity index (χ0n) is 27.7. The fraction of sp³-hybridized carbons (Fsp3) is 0. The standard InChI is InChI=1S/C50H30O/c1-2-12-34-28-38(23-20-31(34)10-1)48-42-18-7-5-16-40(42)47(41-17-6-8-19-43(41)48)37-14-9-13-35(29-37)36-22-21-33-25-27-45-44-26-24-32-11-3-4-15-39(32)49(44)51-50(45)46(33)30-36/h1-30H. The van der Waals surface area contributed by atoms with E-state index in [-0.39, 0.29) is 0 Å². The van der Waals surface area contributed by atoms with Crippen molar-refractivity contribution in [3.8, 4) is 33.4 Å². The Labute approximate surface area is 294 Å². The van der Waals surface area contributed by atoms with Gasteiger partial charge in [0.2, 0.25) is 0 Å². The number of rotatable bonds is 3. The molecule has 1 heterocycles. The highest BCUT2D eigenvalue weighted by atomic mass is 16.3. The maximum absolute atomic E-state index is 6.73. The lowest BCUT2D eigenvalue weighted by atomic mass is 9.85. The van der Waals surface area contributed by atoms with Gasteiger partial charge in [0.1, 0.15) is 11.2 Å². The third-order valence-corrected chi connectivity index (χ3v) is 10.8. The molecule has 0 saturated heterocycles. The summed E-state index contributed by atoms with van der Waals surface area (Å²) in [5, 5.41) is 14.5. The van der Waals surface area contributed by atoms with Crippen molar-refractivity contribution in [2.24, 2.45) is 0 Å². The molecule has 0 aliphatic rings. The van der Waals surface area contributed by atoms with E-state index in [1.165, 1.54) is 76.5 Å². The zero-order chi connectivity index (χ0) is 33.5. The average Bonchev–Trinajstić information content (AvgIpc) is 3.59. The lowest BCUT2D eigenvalue weighted by molar-refractivity contribution is 0.676. The minimum absolute atomic E-state index is 0.943. The van der Waals surface area contributed by atoms with E-state index < -0.39 is 0 Å². The van der Waals surface area contributed by atoms with Crippen LogP contribution in [-0.4, -0.2) is 0 Å². The van der Waals surface area contributed by atoms with Crippen LogP contribution < -0.4 is 0 Å². The van der Waals surface area contributed by atoms with E-state index in [0.29, 0.717) is 0 Å². The highest BCUT2D eigenvalue weighted by Crippen LogP contribution is 2.45. The van der Waals surface area contributed by atoms with E-state index >= 15 is 0 Å². The Hall–Kier alpha value is -6.70. The smallest absolute Gasteiger partial charge is 0.143 e. The van der Waals surface area contributed by atoms with Crippen molar-refractivity contribution in [1.82, 2.24) is 0 Å². The van der Waals surface area contributed by atoms with Crippen LogP contribution in [0, 0.1) is 0 Å². The summed E-state index contributed by atoms with van der Waals surface area (Å²) in [5.41, 5.74) is 9.24. The first-order valence-corrected chi connectivity index (χ1v) is 17.6. The Bertz CT molecular complexity index is 3140. The van der Waals surface area contributed by atoms with Crippen LogP contribution in [0.4, 0.5) is 0 Å². The first-order valence-electron chi connectivity index (χ1n) is 17.6. The molecule has 11 aromatic rings. The molecule has 1 nitrogen and oxygen atoms in total. The van der Waals surface area contributed by atoms with Gasteiger partial charge in [0.25, 0.3) is 0 Å². The second-order valence-corrected chi connectivity index (χ2v) is 13.6. The summed E-state index contributed by atoms with van der Waals surface area (Å²) in [5.74, 6) is 0. The Kier molecular flexibility index (Phi) is 6.02. The van der Waals surface area contributed by atoms with Gasteiger partial charge in [-0.2, -0.15) is 0 Å². The van der Waals surface area contributed by atoms with Gasteiger partial charge in [-0.1, -0.05) is 152 Å². The van der Waals surface area contributed by atoms with Crippen molar-refractivity contribution in [2.45, 2.75) is 0 Å². The SMILES string of the molecule is c1cc(-c2ccc3ccc4c5ccc6ccccc6c5oc4c3c2)cc(-c2c3ccccc3c(-c3ccc4ccccc4c3)c3ccccc23)c1. The Morgan fingerprint density at radius 3 is 1.37 bits per heavy atom. The van der Waals surface area contributed by atoms with Gasteiger partial charge in [0, 0.05) is 21.5 Å². The van der Waals surface area contributed by atoms with Crippen molar-refractivity contribution in [2.75, 3.05) is 0 Å². The van der Waals surface area contributed by atoms with E-state index in [0.717, 1.165) is 32.7 Å². The van der Waals surface area contributed by atoms with Crippen molar-refractivity contribution in [3.05, 3.63) is 182 Å². The van der Waals surface area contributed by atoms with Crippen molar-refractivity contribution < 1.29 is 4.42 Å². The van der Waals surface area contributed by atoms with E-state index in [4.69, 9.17) is 4.42 Å². The van der Waals surface area contributed by atoms with Gasteiger partial charge >= 0.3 is 0 Å². The quantitative estimate of drug-likeness (QED) is 0.174. The summed E-state index contributed by atoms with van der Waals surface area (Å²) in [6.07, 6.45) is 0. The van der Waals surface area contributed by atoms with Gasteiger partial charge < -0.3 is 4.42 Å². The molecule has 11 rings (SSSR count). The summed E-state index contributed by atoms with van der Waals surface area (Å²) in [6, 6.07) is 66.4. The Morgan fingerprint density at radius 2 is 0.686 bits per heavy atom. The Balaban J connectivity index is 1.11. The molecule has 0 amide bonds. The normalized spacial score (nSPS) is 11.9. The first-order chi connectivity index (χ1) is 25.3. The number of hydrogen-bond acceptors (Lipinski definition) is 1.